The van der Waals surface area contributed by atoms with Gasteiger partial charge in [0.15, 0.2) is 0 Å². The van der Waals surface area contributed by atoms with Crippen LogP contribution in [0.4, 0.5) is 0 Å². The van der Waals surface area contributed by atoms with Crippen LogP contribution in [-0.2, 0) is 12.3 Å². The topological polar surface area (TPSA) is 38.3 Å². The number of benzene rings is 3. The summed E-state index contributed by atoms with van der Waals surface area (Å²) < 4.78 is 5.72. The number of methoxy groups -OCH3 is 1. The van der Waals surface area contributed by atoms with Crippen LogP contribution in [0.25, 0.3) is 0 Å². The minimum Gasteiger partial charge on any atom is -0.497 e. The van der Waals surface area contributed by atoms with Gasteiger partial charge in [-0.3, -0.25) is 4.48 Å². The number of thioether (sulfide) groups is 1. The first kappa shape index (κ1) is 21.6. The van der Waals surface area contributed by atoms with Gasteiger partial charge in [-0.1, -0.05) is 54.6 Å². The molecule has 5 heteroatoms. The SMILES string of the molecule is COc1ccc(CSc2ccccc2C(=O)[N+]2(Cc3ccccc3)CCNCC2)cc1. The van der Waals surface area contributed by atoms with Crippen molar-refractivity contribution < 1.29 is 14.0 Å². The predicted octanol–water partition coefficient (Wildman–Crippen LogP) is 4.75. The highest BCUT2D eigenvalue weighted by atomic mass is 32.2. The fraction of sp³-hybridized carbons (Fsp3) is 0.269. The molecule has 0 radical (unpaired) electrons. The molecule has 160 valence electrons. The quantitative estimate of drug-likeness (QED) is 0.431. The number of amides is 1. The third-order valence-corrected chi connectivity index (χ3v) is 7.01. The molecular weight excluding hydrogens is 404 g/mol. The molecule has 0 atom stereocenters. The molecule has 1 saturated heterocycles. The summed E-state index contributed by atoms with van der Waals surface area (Å²) in [5.41, 5.74) is 3.25. The van der Waals surface area contributed by atoms with E-state index >= 15 is 0 Å². The number of carbonyl (C=O) groups excluding carboxylic acids is 1. The second-order valence-electron chi connectivity index (χ2n) is 7.92. The maximum atomic E-state index is 14.0. The monoisotopic (exact) mass is 433 g/mol. The lowest BCUT2D eigenvalue weighted by molar-refractivity contribution is -0.864. The van der Waals surface area contributed by atoms with Gasteiger partial charge in [0.25, 0.3) is 0 Å². The Morgan fingerprint density at radius 3 is 2.29 bits per heavy atom. The summed E-state index contributed by atoms with van der Waals surface area (Å²) in [5, 5.41) is 3.42. The zero-order chi connectivity index (χ0) is 21.5. The number of rotatable bonds is 7. The Hall–Kier alpha value is -2.60. The summed E-state index contributed by atoms with van der Waals surface area (Å²) in [6, 6.07) is 26.6. The zero-order valence-electron chi connectivity index (χ0n) is 17.9. The molecule has 4 nitrogen and oxygen atoms in total. The maximum absolute atomic E-state index is 14.0. The molecule has 0 aromatic heterocycles. The summed E-state index contributed by atoms with van der Waals surface area (Å²) in [7, 11) is 1.68. The molecule has 1 N–H and O–H groups in total. The molecule has 0 unspecified atom stereocenters. The molecule has 1 aliphatic rings. The Bertz CT molecular complexity index is 999. The van der Waals surface area contributed by atoms with Crippen molar-refractivity contribution in [1.29, 1.82) is 0 Å². The van der Waals surface area contributed by atoms with Crippen LogP contribution < -0.4 is 10.1 Å². The average Bonchev–Trinajstić information content (AvgIpc) is 2.84. The number of nitrogens with one attached hydrogen (secondary N) is 1. The largest absolute Gasteiger partial charge is 0.497 e. The van der Waals surface area contributed by atoms with Gasteiger partial charge in [0.05, 0.1) is 25.8 Å². The Labute approximate surface area is 188 Å². The van der Waals surface area contributed by atoms with E-state index in [2.05, 4.69) is 47.8 Å². The van der Waals surface area contributed by atoms with Crippen molar-refractivity contribution in [1.82, 2.24) is 5.32 Å². The highest BCUT2D eigenvalue weighted by Crippen LogP contribution is 2.30. The lowest BCUT2D eigenvalue weighted by atomic mass is 10.1. The fourth-order valence-electron chi connectivity index (χ4n) is 4.10. The van der Waals surface area contributed by atoms with E-state index in [1.165, 1.54) is 11.1 Å². The van der Waals surface area contributed by atoms with E-state index in [0.29, 0.717) is 4.48 Å². The molecule has 4 rings (SSSR count). The van der Waals surface area contributed by atoms with Crippen molar-refractivity contribution in [3.05, 3.63) is 95.6 Å². The first-order valence-corrected chi connectivity index (χ1v) is 11.7. The van der Waals surface area contributed by atoms with E-state index < -0.39 is 0 Å². The zero-order valence-corrected chi connectivity index (χ0v) is 18.7. The van der Waals surface area contributed by atoms with Crippen molar-refractivity contribution in [2.75, 3.05) is 33.3 Å². The van der Waals surface area contributed by atoms with E-state index in [1.807, 2.05) is 36.4 Å². The van der Waals surface area contributed by atoms with Gasteiger partial charge >= 0.3 is 5.91 Å². The predicted molar refractivity (Wildman–Crippen MR) is 126 cm³/mol. The Kier molecular flexibility index (Phi) is 7.07. The highest BCUT2D eigenvalue weighted by Gasteiger charge is 2.40. The lowest BCUT2D eigenvalue weighted by Gasteiger charge is -2.39. The summed E-state index contributed by atoms with van der Waals surface area (Å²) in [5.74, 6) is 1.90. The van der Waals surface area contributed by atoms with Crippen LogP contribution in [-0.4, -0.2) is 43.7 Å². The molecule has 1 heterocycles. The normalized spacial score (nSPS) is 15.4. The van der Waals surface area contributed by atoms with Crippen molar-refractivity contribution in [2.24, 2.45) is 0 Å². The molecule has 0 saturated carbocycles. The van der Waals surface area contributed by atoms with Gasteiger partial charge in [-0.15, -0.1) is 11.8 Å². The second kappa shape index (κ2) is 10.1. The van der Waals surface area contributed by atoms with Crippen LogP contribution in [0.5, 0.6) is 5.75 Å². The maximum Gasteiger partial charge on any atom is 0.347 e. The summed E-state index contributed by atoms with van der Waals surface area (Å²) in [6.45, 7) is 4.08. The van der Waals surface area contributed by atoms with Crippen LogP contribution in [0.2, 0.25) is 0 Å². The molecule has 3 aromatic rings. The second-order valence-corrected chi connectivity index (χ2v) is 8.94. The summed E-state index contributed by atoms with van der Waals surface area (Å²) in [4.78, 5) is 15.0. The fourth-order valence-corrected chi connectivity index (χ4v) is 5.10. The molecule has 1 amide bonds. The highest BCUT2D eigenvalue weighted by molar-refractivity contribution is 7.98. The van der Waals surface area contributed by atoms with E-state index in [-0.39, 0.29) is 5.91 Å². The molecular formula is C26H29N2O2S+. The van der Waals surface area contributed by atoms with Crippen molar-refractivity contribution in [3.63, 3.8) is 0 Å². The number of carbonyl (C=O) groups is 1. The van der Waals surface area contributed by atoms with E-state index in [1.54, 1.807) is 18.9 Å². The molecule has 1 aliphatic heterocycles. The number of quaternary nitrogens is 1. The number of hydrogen-bond donors (Lipinski definition) is 1. The number of hydrogen-bond acceptors (Lipinski definition) is 4. The Morgan fingerprint density at radius 1 is 0.903 bits per heavy atom. The molecule has 3 aromatic carbocycles. The van der Waals surface area contributed by atoms with Gasteiger partial charge in [-0.05, 0) is 29.8 Å². The standard InChI is InChI=1S/C26H29N2O2S/c1-30-23-13-11-22(12-14-23)20-31-25-10-6-5-9-24(25)26(29)28(17-15-27-16-18-28)19-21-7-3-2-4-8-21/h2-14,27H,15-20H2,1H3/q+1. The lowest BCUT2D eigenvalue weighted by Crippen LogP contribution is -2.61. The molecule has 0 bridgehead atoms. The van der Waals surface area contributed by atoms with Gasteiger partial charge in [0, 0.05) is 29.3 Å². The van der Waals surface area contributed by atoms with Gasteiger partial charge in [0.2, 0.25) is 0 Å². The third-order valence-electron chi connectivity index (χ3n) is 5.86. The van der Waals surface area contributed by atoms with Gasteiger partial charge < -0.3 is 10.1 Å². The van der Waals surface area contributed by atoms with Gasteiger partial charge in [-0.25, -0.2) is 4.79 Å². The minimum absolute atomic E-state index is 0.225. The first-order chi connectivity index (χ1) is 15.2. The summed E-state index contributed by atoms with van der Waals surface area (Å²) >= 11 is 1.72. The Balaban J connectivity index is 1.57. The third kappa shape index (κ3) is 5.18. The minimum atomic E-state index is 0.225. The van der Waals surface area contributed by atoms with Crippen LogP contribution in [0.1, 0.15) is 21.5 Å². The van der Waals surface area contributed by atoms with Crippen LogP contribution >= 0.6 is 11.8 Å². The van der Waals surface area contributed by atoms with Crippen LogP contribution in [0.15, 0.2) is 83.8 Å². The van der Waals surface area contributed by atoms with Crippen LogP contribution in [0.3, 0.4) is 0 Å². The number of nitrogens with zero attached hydrogens (tertiary/aromatic N) is 1. The average molecular weight is 434 g/mol. The van der Waals surface area contributed by atoms with E-state index in [4.69, 9.17) is 4.74 Å². The van der Waals surface area contributed by atoms with E-state index in [0.717, 1.165) is 54.7 Å². The molecule has 1 fully saturated rings. The number of ether oxygens (including phenoxy) is 1. The van der Waals surface area contributed by atoms with Crippen LogP contribution in [0, 0.1) is 0 Å². The van der Waals surface area contributed by atoms with E-state index in [9.17, 15) is 4.79 Å². The summed E-state index contributed by atoms with van der Waals surface area (Å²) in [6.07, 6.45) is 0. The Morgan fingerprint density at radius 2 is 1.58 bits per heavy atom. The van der Waals surface area contributed by atoms with Crippen molar-refractivity contribution in [2.45, 2.75) is 17.2 Å². The van der Waals surface area contributed by atoms with Gasteiger partial charge in [0.1, 0.15) is 12.3 Å². The number of piperazine rings is 1. The van der Waals surface area contributed by atoms with Crippen molar-refractivity contribution >= 4 is 17.7 Å². The smallest absolute Gasteiger partial charge is 0.347 e. The first-order valence-electron chi connectivity index (χ1n) is 10.7. The molecule has 0 spiro atoms. The van der Waals surface area contributed by atoms with Crippen molar-refractivity contribution in [3.8, 4) is 5.75 Å². The molecule has 0 aliphatic carbocycles. The molecule has 31 heavy (non-hydrogen) atoms. The van der Waals surface area contributed by atoms with Gasteiger partial charge in [-0.2, -0.15) is 0 Å².